The number of aliphatic hydroxyl groups is 1. The highest BCUT2D eigenvalue weighted by molar-refractivity contribution is 9.10. The molecule has 1 aliphatic rings. The molecule has 1 aromatic rings. The van der Waals surface area contributed by atoms with Gasteiger partial charge in [0.25, 0.3) is 5.91 Å². The third-order valence-corrected chi connectivity index (χ3v) is 3.50. The molecular formula is C12H10BrF2NO4. The van der Waals surface area contributed by atoms with Gasteiger partial charge in [-0.1, -0.05) is 15.9 Å². The van der Waals surface area contributed by atoms with Crippen LogP contribution in [0.2, 0.25) is 0 Å². The highest BCUT2D eigenvalue weighted by atomic mass is 79.9. The minimum atomic E-state index is -1.33. The minimum absolute atomic E-state index is 0.125. The van der Waals surface area contributed by atoms with Gasteiger partial charge in [-0.25, -0.2) is 13.6 Å². The van der Waals surface area contributed by atoms with Crippen molar-refractivity contribution < 1.29 is 28.6 Å². The van der Waals surface area contributed by atoms with Crippen molar-refractivity contribution >= 4 is 27.8 Å². The van der Waals surface area contributed by atoms with Gasteiger partial charge >= 0.3 is 5.97 Å². The van der Waals surface area contributed by atoms with Crippen LogP contribution in [0.4, 0.5) is 8.78 Å². The van der Waals surface area contributed by atoms with Crippen LogP contribution in [-0.4, -0.2) is 45.7 Å². The number of carboxylic acid groups (broad SMARTS) is 1. The van der Waals surface area contributed by atoms with Gasteiger partial charge in [0, 0.05) is 17.4 Å². The molecule has 0 bridgehead atoms. The first-order valence-electron chi connectivity index (χ1n) is 5.67. The Hall–Kier alpha value is -1.54. The molecule has 0 radical (unpaired) electrons. The summed E-state index contributed by atoms with van der Waals surface area (Å²) in [4.78, 5) is 23.9. The Morgan fingerprint density at radius 3 is 2.35 bits per heavy atom. The van der Waals surface area contributed by atoms with E-state index in [0.717, 1.165) is 17.0 Å². The number of hydrogen-bond acceptors (Lipinski definition) is 3. The standard InChI is InChI=1S/C12H10BrF2NO4/c13-5-1-7(14)10(8(15)2-5)11(18)16-4-6(17)3-9(16)12(19)20/h1-2,6,9,17H,3-4H2,(H,19,20). The summed E-state index contributed by atoms with van der Waals surface area (Å²) in [6.45, 7) is -0.273. The van der Waals surface area contributed by atoms with E-state index in [1.54, 1.807) is 0 Å². The van der Waals surface area contributed by atoms with Gasteiger partial charge in [-0.05, 0) is 12.1 Å². The molecule has 0 spiro atoms. The summed E-state index contributed by atoms with van der Waals surface area (Å²) >= 11 is 2.89. The van der Waals surface area contributed by atoms with Crippen molar-refractivity contribution in [2.75, 3.05) is 6.54 Å². The zero-order valence-electron chi connectivity index (χ0n) is 10.0. The predicted molar refractivity (Wildman–Crippen MR) is 67.1 cm³/mol. The van der Waals surface area contributed by atoms with E-state index in [-0.39, 0.29) is 17.4 Å². The second kappa shape index (κ2) is 5.45. The lowest BCUT2D eigenvalue weighted by Crippen LogP contribution is -2.41. The first-order valence-corrected chi connectivity index (χ1v) is 6.47. The molecule has 1 heterocycles. The van der Waals surface area contributed by atoms with Crippen LogP contribution in [0, 0.1) is 11.6 Å². The molecule has 1 amide bonds. The van der Waals surface area contributed by atoms with Crippen LogP contribution in [0.5, 0.6) is 0 Å². The van der Waals surface area contributed by atoms with E-state index in [0.29, 0.717) is 0 Å². The van der Waals surface area contributed by atoms with Gasteiger partial charge in [-0.2, -0.15) is 0 Å². The lowest BCUT2D eigenvalue weighted by atomic mass is 10.1. The molecule has 5 nitrogen and oxygen atoms in total. The number of nitrogens with zero attached hydrogens (tertiary/aromatic N) is 1. The number of carboxylic acids is 1. The van der Waals surface area contributed by atoms with E-state index in [9.17, 15) is 23.5 Å². The highest BCUT2D eigenvalue weighted by Crippen LogP contribution is 2.25. The Morgan fingerprint density at radius 1 is 1.30 bits per heavy atom. The zero-order valence-corrected chi connectivity index (χ0v) is 11.6. The van der Waals surface area contributed by atoms with E-state index in [4.69, 9.17) is 5.11 Å². The summed E-state index contributed by atoms with van der Waals surface area (Å²) in [7, 11) is 0. The topological polar surface area (TPSA) is 77.8 Å². The first-order chi connectivity index (χ1) is 9.31. The van der Waals surface area contributed by atoms with Crippen molar-refractivity contribution in [1.82, 2.24) is 4.90 Å². The predicted octanol–water partition coefficient (Wildman–Crippen LogP) is 1.39. The molecular weight excluding hydrogens is 340 g/mol. The van der Waals surface area contributed by atoms with Gasteiger partial charge in [0.2, 0.25) is 0 Å². The summed E-state index contributed by atoms with van der Waals surface area (Å²) in [5.74, 6) is -4.59. The Labute approximate surface area is 120 Å². The molecule has 0 saturated carbocycles. The highest BCUT2D eigenvalue weighted by Gasteiger charge is 2.40. The first kappa shape index (κ1) is 14.9. The molecule has 8 heteroatoms. The summed E-state index contributed by atoms with van der Waals surface area (Å²) in [6, 6.07) is 0.539. The third kappa shape index (κ3) is 2.66. The second-order valence-electron chi connectivity index (χ2n) is 4.45. The third-order valence-electron chi connectivity index (χ3n) is 3.05. The Kier molecular flexibility index (Phi) is 4.05. The zero-order chi connectivity index (χ0) is 15.0. The molecule has 2 rings (SSSR count). The van der Waals surface area contributed by atoms with E-state index in [1.165, 1.54) is 0 Å². The summed E-state index contributed by atoms with van der Waals surface area (Å²) < 4.78 is 27.6. The van der Waals surface area contributed by atoms with Crippen LogP contribution < -0.4 is 0 Å². The molecule has 0 aliphatic carbocycles. The lowest BCUT2D eigenvalue weighted by Gasteiger charge is -2.21. The molecule has 108 valence electrons. The second-order valence-corrected chi connectivity index (χ2v) is 5.36. The lowest BCUT2D eigenvalue weighted by molar-refractivity contribution is -0.141. The van der Waals surface area contributed by atoms with Crippen LogP contribution in [0.25, 0.3) is 0 Å². The van der Waals surface area contributed by atoms with Crippen molar-refractivity contribution in [2.24, 2.45) is 0 Å². The number of amides is 1. The fourth-order valence-electron chi connectivity index (χ4n) is 2.16. The largest absolute Gasteiger partial charge is 0.480 e. The number of carbonyl (C=O) groups is 2. The smallest absolute Gasteiger partial charge is 0.326 e. The van der Waals surface area contributed by atoms with Gasteiger partial charge < -0.3 is 15.1 Å². The van der Waals surface area contributed by atoms with Crippen molar-refractivity contribution in [3.05, 3.63) is 33.8 Å². The molecule has 1 aliphatic heterocycles. The molecule has 1 aromatic carbocycles. The number of benzene rings is 1. The summed E-state index contributed by atoms with van der Waals surface area (Å²) in [6.07, 6.45) is -1.19. The maximum atomic E-state index is 13.7. The van der Waals surface area contributed by atoms with Crippen LogP contribution in [0.3, 0.4) is 0 Å². The summed E-state index contributed by atoms with van der Waals surface area (Å²) in [5.41, 5.74) is -0.825. The van der Waals surface area contributed by atoms with Gasteiger partial charge in [0.15, 0.2) is 0 Å². The SMILES string of the molecule is O=C(O)C1CC(O)CN1C(=O)c1c(F)cc(Br)cc1F. The number of halogens is 3. The normalized spacial score (nSPS) is 22.1. The average Bonchev–Trinajstić information content (AvgIpc) is 2.70. The Balaban J connectivity index is 2.39. The quantitative estimate of drug-likeness (QED) is 0.845. The van der Waals surface area contributed by atoms with Crippen LogP contribution in [0.1, 0.15) is 16.8 Å². The number of aliphatic carboxylic acids is 1. The molecule has 1 fully saturated rings. The molecule has 2 N–H and O–H groups in total. The fourth-order valence-corrected chi connectivity index (χ4v) is 2.56. The maximum Gasteiger partial charge on any atom is 0.326 e. The van der Waals surface area contributed by atoms with Crippen LogP contribution in [0.15, 0.2) is 16.6 Å². The minimum Gasteiger partial charge on any atom is -0.480 e. The van der Waals surface area contributed by atoms with Crippen molar-refractivity contribution in [3.63, 3.8) is 0 Å². The number of likely N-dealkylation sites (tertiary alicyclic amines) is 1. The van der Waals surface area contributed by atoms with E-state index in [1.807, 2.05) is 0 Å². The fraction of sp³-hybridized carbons (Fsp3) is 0.333. The number of rotatable bonds is 2. The number of aliphatic hydroxyl groups excluding tert-OH is 1. The van der Waals surface area contributed by atoms with Gasteiger partial charge in [-0.3, -0.25) is 4.79 Å². The van der Waals surface area contributed by atoms with E-state index >= 15 is 0 Å². The molecule has 1 saturated heterocycles. The van der Waals surface area contributed by atoms with Gasteiger partial charge in [-0.15, -0.1) is 0 Å². The van der Waals surface area contributed by atoms with Gasteiger partial charge in [0.05, 0.1) is 6.10 Å². The maximum absolute atomic E-state index is 13.7. The number of β-amino-alcohol motifs (C(OH)–C–C–N with tert-alkyl or cyclic N) is 1. The average molecular weight is 350 g/mol. The van der Waals surface area contributed by atoms with Crippen LogP contribution in [-0.2, 0) is 4.79 Å². The van der Waals surface area contributed by atoms with Crippen molar-refractivity contribution in [2.45, 2.75) is 18.6 Å². The van der Waals surface area contributed by atoms with Crippen molar-refractivity contribution in [1.29, 1.82) is 0 Å². The van der Waals surface area contributed by atoms with Gasteiger partial charge in [0.1, 0.15) is 23.2 Å². The number of hydrogen-bond donors (Lipinski definition) is 2. The molecule has 2 atom stereocenters. The molecule has 2 unspecified atom stereocenters. The number of carbonyl (C=O) groups excluding carboxylic acids is 1. The molecule has 20 heavy (non-hydrogen) atoms. The van der Waals surface area contributed by atoms with Crippen LogP contribution >= 0.6 is 15.9 Å². The monoisotopic (exact) mass is 349 g/mol. The van der Waals surface area contributed by atoms with Crippen molar-refractivity contribution in [3.8, 4) is 0 Å². The Bertz CT molecular complexity index is 558. The van der Waals surface area contributed by atoms with E-state index < -0.39 is 41.2 Å². The van der Waals surface area contributed by atoms with E-state index in [2.05, 4.69) is 15.9 Å². The Morgan fingerprint density at radius 2 is 1.85 bits per heavy atom. The summed E-state index contributed by atoms with van der Waals surface area (Å²) in [5, 5.41) is 18.4. The molecule has 0 aromatic heterocycles.